The van der Waals surface area contributed by atoms with Crippen molar-refractivity contribution in [2.24, 2.45) is 0 Å². The van der Waals surface area contributed by atoms with Crippen LogP contribution < -0.4 is 5.32 Å². The molecule has 1 N–H and O–H groups in total. The second kappa shape index (κ2) is 4.10. The Hall–Kier alpha value is -1.05. The van der Waals surface area contributed by atoms with E-state index in [9.17, 15) is 4.39 Å². The molecule has 12 heavy (non-hydrogen) atoms. The molecule has 2 heteroatoms. The number of halogens is 1. The van der Waals surface area contributed by atoms with Crippen LogP contribution in [0.15, 0.2) is 18.2 Å². The maximum atomic E-state index is 11.9. The van der Waals surface area contributed by atoms with Crippen LogP contribution in [-0.2, 0) is 0 Å². The van der Waals surface area contributed by atoms with Crippen LogP contribution in [0.2, 0.25) is 0 Å². The van der Waals surface area contributed by atoms with Gasteiger partial charge in [-0.05, 0) is 25.0 Å². The fourth-order valence-corrected chi connectivity index (χ4v) is 1.27. The highest BCUT2D eigenvalue weighted by Gasteiger charge is 1.99. The highest BCUT2D eigenvalue weighted by molar-refractivity contribution is 5.56. The van der Waals surface area contributed by atoms with Crippen molar-refractivity contribution < 1.29 is 4.39 Å². The molecule has 1 nitrogen and oxygen atoms in total. The zero-order chi connectivity index (χ0) is 8.97. The monoisotopic (exact) mass is 167 g/mol. The van der Waals surface area contributed by atoms with Crippen LogP contribution in [-0.4, -0.2) is 13.2 Å². The molecule has 66 valence electrons. The molecular weight excluding hydrogens is 153 g/mol. The van der Waals surface area contributed by atoms with Gasteiger partial charge in [-0.2, -0.15) is 0 Å². The fourth-order valence-electron chi connectivity index (χ4n) is 1.27. The summed E-state index contributed by atoms with van der Waals surface area (Å²) in [6, 6.07) is 6.05. The largest absolute Gasteiger partial charge is 0.382 e. The summed E-state index contributed by atoms with van der Waals surface area (Å²) in [5, 5.41) is 3.06. The summed E-state index contributed by atoms with van der Waals surface area (Å²) in [6.07, 6.45) is 0. The van der Waals surface area contributed by atoms with Gasteiger partial charge < -0.3 is 5.32 Å². The third-order valence-electron chi connectivity index (χ3n) is 1.88. The van der Waals surface area contributed by atoms with Crippen molar-refractivity contribution in [2.45, 2.75) is 13.8 Å². The lowest BCUT2D eigenvalue weighted by Gasteiger charge is -2.10. The zero-order valence-corrected chi connectivity index (χ0v) is 7.52. The molecule has 0 radical (unpaired) electrons. The highest BCUT2D eigenvalue weighted by Crippen LogP contribution is 2.18. The molecule has 0 aliphatic rings. The fraction of sp³-hybridized carbons (Fsp3) is 0.400. The predicted molar refractivity (Wildman–Crippen MR) is 50.4 cm³/mol. The number of benzene rings is 1. The standard InChI is InChI=1S/C10H14FN/c1-8-4-3-5-9(2)10(8)12-7-6-11/h3-5,12H,6-7H2,1-2H3. The molecule has 0 saturated carbocycles. The van der Waals surface area contributed by atoms with Crippen LogP contribution in [0.4, 0.5) is 10.1 Å². The van der Waals surface area contributed by atoms with Crippen molar-refractivity contribution >= 4 is 5.69 Å². The smallest absolute Gasteiger partial charge is 0.107 e. The van der Waals surface area contributed by atoms with Gasteiger partial charge in [0.15, 0.2) is 0 Å². The Balaban J connectivity index is 2.81. The molecule has 0 spiro atoms. The van der Waals surface area contributed by atoms with Crippen LogP contribution in [0.3, 0.4) is 0 Å². The van der Waals surface area contributed by atoms with Gasteiger partial charge in [0.05, 0.1) is 0 Å². The summed E-state index contributed by atoms with van der Waals surface area (Å²) >= 11 is 0. The minimum absolute atomic E-state index is 0.326. The summed E-state index contributed by atoms with van der Waals surface area (Å²) in [4.78, 5) is 0. The summed E-state index contributed by atoms with van der Waals surface area (Å²) in [6.45, 7) is 4.11. The third-order valence-corrected chi connectivity index (χ3v) is 1.88. The van der Waals surface area contributed by atoms with Gasteiger partial charge in [-0.25, -0.2) is 4.39 Å². The Morgan fingerprint density at radius 3 is 2.33 bits per heavy atom. The number of alkyl halides is 1. The van der Waals surface area contributed by atoms with Crippen molar-refractivity contribution in [2.75, 3.05) is 18.5 Å². The molecule has 0 atom stereocenters. The first-order valence-corrected chi connectivity index (χ1v) is 4.11. The molecule has 0 heterocycles. The minimum atomic E-state index is -0.326. The van der Waals surface area contributed by atoms with Gasteiger partial charge >= 0.3 is 0 Å². The molecule has 1 rings (SSSR count). The first-order valence-electron chi connectivity index (χ1n) is 4.11. The van der Waals surface area contributed by atoms with Crippen molar-refractivity contribution in [3.63, 3.8) is 0 Å². The first-order chi connectivity index (χ1) is 5.75. The lowest BCUT2D eigenvalue weighted by molar-refractivity contribution is 0.512. The molecule has 1 aromatic carbocycles. The number of para-hydroxylation sites is 1. The van der Waals surface area contributed by atoms with Gasteiger partial charge in [0.1, 0.15) is 6.67 Å². The second-order valence-electron chi connectivity index (χ2n) is 2.88. The average Bonchev–Trinajstić information content (AvgIpc) is 2.04. The van der Waals surface area contributed by atoms with E-state index in [0.29, 0.717) is 6.54 Å². The van der Waals surface area contributed by atoms with Crippen LogP contribution in [0.1, 0.15) is 11.1 Å². The number of nitrogens with one attached hydrogen (secondary N) is 1. The molecule has 0 amide bonds. The lowest BCUT2D eigenvalue weighted by Crippen LogP contribution is -2.05. The maximum Gasteiger partial charge on any atom is 0.107 e. The molecule has 0 saturated heterocycles. The molecule has 1 aromatic rings. The second-order valence-corrected chi connectivity index (χ2v) is 2.88. The van der Waals surface area contributed by atoms with E-state index >= 15 is 0 Å². The van der Waals surface area contributed by atoms with E-state index in [-0.39, 0.29) is 6.67 Å². The van der Waals surface area contributed by atoms with E-state index in [1.165, 1.54) is 11.1 Å². The predicted octanol–water partition coefficient (Wildman–Crippen LogP) is 2.68. The van der Waals surface area contributed by atoms with Crippen molar-refractivity contribution in [1.82, 2.24) is 0 Å². The molecule has 0 aliphatic carbocycles. The summed E-state index contributed by atoms with van der Waals surface area (Å²) in [7, 11) is 0. The third kappa shape index (κ3) is 1.97. The van der Waals surface area contributed by atoms with Gasteiger partial charge in [0.2, 0.25) is 0 Å². The number of hydrogen-bond acceptors (Lipinski definition) is 1. The van der Waals surface area contributed by atoms with Gasteiger partial charge in [-0.15, -0.1) is 0 Å². The first kappa shape index (κ1) is 9.04. The number of anilines is 1. The van der Waals surface area contributed by atoms with Crippen molar-refractivity contribution in [3.8, 4) is 0 Å². The lowest BCUT2D eigenvalue weighted by atomic mass is 10.1. The van der Waals surface area contributed by atoms with Crippen LogP contribution >= 0.6 is 0 Å². The molecule has 0 bridgehead atoms. The Labute approximate surface area is 72.6 Å². The Morgan fingerprint density at radius 1 is 1.25 bits per heavy atom. The normalized spacial score (nSPS) is 9.92. The summed E-state index contributed by atoms with van der Waals surface area (Å²) in [5.74, 6) is 0. The van der Waals surface area contributed by atoms with Gasteiger partial charge in [-0.1, -0.05) is 18.2 Å². The van der Waals surface area contributed by atoms with Crippen LogP contribution in [0, 0.1) is 13.8 Å². The Morgan fingerprint density at radius 2 is 1.83 bits per heavy atom. The maximum absolute atomic E-state index is 11.9. The van der Waals surface area contributed by atoms with Crippen LogP contribution in [0.5, 0.6) is 0 Å². The zero-order valence-electron chi connectivity index (χ0n) is 7.52. The summed E-state index contributed by atoms with van der Waals surface area (Å²) < 4.78 is 11.9. The molecule has 0 unspecified atom stereocenters. The van der Waals surface area contributed by atoms with Crippen molar-refractivity contribution in [3.05, 3.63) is 29.3 Å². The van der Waals surface area contributed by atoms with Crippen LogP contribution in [0.25, 0.3) is 0 Å². The molecular formula is C10H14FN. The molecule has 0 aliphatic heterocycles. The SMILES string of the molecule is Cc1cccc(C)c1NCCF. The van der Waals surface area contributed by atoms with Gasteiger partial charge in [-0.3, -0.25) is 0 Å². The average molecular weight is 167 g/mol. The Kier molecular flexibility index (Phi) is 3.09. The van der Waals surface area contributed by atoms with Crippen molar-refractivity contribution in [1.29, 1.82) is 0 Å². The quantitative estimate of drug-likeness (QED) is 0.729. The van der Waals surface area contributed by atoms with E-state index < -0.39 is 0 Å². The van der Waals surface area contributed by atoms with E-state index in [1.807, 2.05) is 32.0 Å². The van der Waals surface area contributed by atoms with E-state index in [4.69, 9.17) is 0 Å². The number of aryl methyl sites for hydroxylation is 2. The van der Waals surface area contributed by atoms with E-state index in [2.05, 4.69) is 5.32 Å². The number of rotatable bonds is 3. The number of hydrogen-bond donors (Lipinski definition) is 1. The minimum Gasteiger partial charge on any atom is -0.382 e. The topological polar surface area (TPSA) is 12.0 Å². The van der Waals surface area contributed by atoms with E-state index in [1.54, 1.807) is 0 Å². The highest BCUT2D eigenvalue weighted by atomic mass is 19.1. The van der Waals surface area contributed by atoms with E-state index in [0.717, 1.165) is 5.69 Å². The van der Waals surface area contributed by atoms with Gasteiger partial charge in [0.25, 0.3) is 0 Å². The summed E-state index contributed by atoms with van der Waals surface area (Å²) in [5.41, 5.74) is 3.40. The van der Waals surface area contributed by atoms with Gasteiger partial charge in [0, 0.05) is 12.2 Å². The molecule has 0 aromatic heterocycles. The Bertz CT molecular complexity index is 238. The molecule has 0 fully saturated rings.